The Morgan fingerprint density at radius 3 is 1.94 bits per heavy atom. The number of hydrogen-bond donors (Lipinski definition) is 0. The van der Waals surface area contributed by atoms with E-state index in [-0.39, 0.29) is 5.41 Å². The molecule has 0 heterocycles. The summed E-state index contributed by atoms with van der Waals surface area (Å²) < 4.78 is 26.5. The molecule has 0 spiro atoms. The van der Waals surface area contributed by atoms with Gasteiger partial charge in [-0.2, -0.15) is 0 Å². The molecule has 0 aliphatic carbocycles. The van der Waals surface area contributed by atoms with Gasteiger partial charge in [0.25, 0.3) is 0 Å². The monoisotopic (exact) mass is 246 g/mol. The molecule has 0 aliphatic rings. The van der Waals surface area contributed by atoms with Gasteiger partial charge in [-0.1, -0.05) is 45.0 Å². The van der Waals surface area contributed by atoms with Crippen LogP contribution in [0.25, 0.3) is 11.1 Å². The third-order valence-corrected chi connectivity index (χ3v) is 2.99. The molecular formula is C16H16F2. The predicted octanol–water partition coefficient (Wildman–Crippen LogP) is 4.93. The summed E-state index contributed by atoms with van der Waals surface area (Å²) in [6.45, 7) is 6.38. The van der Waals surface area contributed by atoms with Crippen LogP contribution >= 0.6 is 0 Å². The lowest BCUT2D eigenvalue weighted by Crippen LogP contribution is -2.10. The van der Waals surface area contributed by atoms with Gasteiger partial charge in [0.1, 0.15) is 11.6 Å². The van der Waals surface area contributed by atoms with Gasteiger partial charge in [-0.05, 0) is 28.7 Å². The summed E-state index contributed by atoms with van der Waals surface area (Å²) >= 11 is 0. The van der Waals surface area contributed by atoms with E-state index in [1.807, 2.05) is 24.3 Å². The largest absolute Gasteiger partial charge is 0.207 e. The summed E-state index contributed by atoms with van der Waals surface area (Å²) in [5.74, 6) is -1.08. The van der Waals surface area contributed by atoms with Gasteiger partial charge in [-0.15, -0.1) is 0 Å². The van der Waals surface area contributed by atoms with Gasteiger partial charge >= 0.3 is 0 Å². The third kappa shape index (κ3) is 2.58. The van der Waals surface area contributed by atoms with Crippen molar-refractivity contribution in [2.75, 3.05) is 0 Å². The van der Waals surface area contributed by atoms with E-state index in [0.29, 0.717) is 5.56 Å². The summed E-state index contributed by atoms with van der Waals surface area (Å²) in [7, 11) is 0. The number of rotatable bonds is 1. The van der Waals surface area contributed by atoms with E-state index in [4.69, 9.17) is 0 Å². The van der Waals surface area contributed by atoms with E-state index in [9.17, 15) is 8.78 Å². The fourth-order valence-corrected chi connectivity index (χ4v) is 1.87. The summed E-state index contributed by atoms with van der Waals surface area (Å²) in [5.41, 5.74) is 2.45. The molecule has 0 saturated heterocycles. The first-order valence-electron chi connectivity index (χ1n) is 5.94. The van der Waals surface area contributed by atoms with E-state index in [0.717, 1.165) is 11.6 Å². The Morgan fingerprint density at radius 2 is 1.44 bits per heavy atom. The zero-order valence-corrected chi connectivity index (χ0v) is 10.8. The van der Waals surface area contributed by atoms with Gasteiger partial charge in [0.15, 0.2) is 0 Å². The van der Waals surface area contributed by atoms with Crippen LogP contribution in [-0.2, 0) is 5.41 Å². The lowest BCUT2D eigenvalue weighted by molar-refractivity contribution is 0.585. The lowest BCUT2D eigenvalue weighted by Gasteiger charge is -2.19. The summed E-state index contributed by atoms with van der Waals surface area (Å²) in [5, 5.41) is 0. The highest BCUT2D eigenvalue weighted by Gasteiger charge is 2.13. The summed E-state index contributed by atoms with van der Waals surface area (Å²) in [6, 6.07) is 11.4. The van der Waals surface area contributed by atoms with Gasteiger partial charge in [-0.3, -0.25) is 0 Å². The molecule has 0 aliphatic heterocycles. The van der Waals surface area contributed by atoms with Crippen LogP contribution in [0.5, 0.6) is 0 Å². The maximum Gasteiger partial charge on any atom is 0.133 e. The van der Waals surface area contributed by atoms with Crippen LogP contribution in [0.2, 0.25) is 0 Å². The van der Waals surface area contributed by atoms with Crippen LogP contribution in [0.15, 0.2) is 42.5 Å². The normalized spacial score (nSPS) is 11.6. The molecule has 2 aromatic rings. The smallest absolute Gasteiger partial charge is 0.133 e. The molecule has 0 unspecified atom stereocenters. The Morgan fingerprint density at radius 1 is 0.833 bits per heavy atom. The van der Waals surface area contributed by atoms with E-state index < -0.39 is 11.6 Å². The first-order valence-corrected chi connectivity index (χ1v) is 5.94. The Labute approximate surface area is 106 Å². The second kappa shape index (κ2) is 4.52. The Balaban J connectivity index is 2.41. The maximum atomic E-state index is 13.6. The molecule has 0 amide bonds. The second-order valence-electron chi connectivity index (χ2n) is 5.45. The molecule has 0 atom stereocenters. The average Bonchev–Trinajstić information content (AvgIpc) is 2.28. The van der Waals surface area contributed by atoms with Crippen molar-refractivity contribution >= 4 is 0 Å². The first kappa shape index (κ1) is 12.7. The van der Waals surface area contributed by atoms with E-state index in [1.54, 1.807) is 0 Å². The molecule has 94 valence electrons. The summed E-state index contributed by atoms with van der Waals surface area (Å²) in [6.07, 6.45) is 0. The van der Waals surface area contributed by atoms with Gasteiger partial charge in [-0.25, -0.2) is 8.78 Å². The molecule has 18 heavy (non-hydrogen) atoms. The fourth-order valence-electron chi connectivity index (χ4n) is 1.87. The minimum atomic E-state index is -0.553. The van der Waals surface area contributed by atoms with Crippen molar-refractivity contribution in [2.45, 2.75) is 26.2 Å². The Bertz CT molecular complexity index is 548. The van der Waals surface area contributed by atoms with Crippen molar-refractivity contribution < 1.29 is 8.78 Å². The maximum absolute atomic E-state index is 13.6. The zero-order valence-electron chi connectivity index (χ0n) is 10.8. The van der Waals surface area contributed by atoms with Crippen molar-refractivity contribution in [3.8, 4) is 11.1 Å². The molecular weight excluding hydrogens is 230 g/mol. The van der Waals surface area contributed by atoms with Crippen LogP contribution in [0.1, 0.15) is 26.3 Å². The van der Waals surface area contributed by atoms with Crippen LogP contribution < -0.4 is 0 Å². The molecule has 0 radical (unpaired) electrons. The van der Waals surface area contributed by atoms with Gasteiger partial charge < -0.3 is 0 Å². The zero-order chi connectivity index (χ0) is 13.3. The predicted molar refractivity (Wildman–Crippen MR) is 70.5 cm³/mol. The van der Waals surface area contributed by atoms with Crippen LogP contribution in [0.4, 0.5) is 8.78 Å². The quantitative estimate of drug-likeness (QED) is 0.669. The topological polar surface area (TPSA) is 0 Å². The van der Waals surface area contributed by atoms with E-state index >= 15 is 0 Å². The number of halogens is 2. The summed E-state index contributed by atoms with van der Waals surface area (Å²) in [4.78, 5) is 0. The fraction of sp³-hybridized carbons (Fsp3) is 0.250. The molecule has 2 aromatic carbocycles. The minimum absolute atomic E-state index is 0.0693. The van der Waals surface area contributed by atoms with Gasteiger partial charge in [0, 0.05) is 11.6 Å². The first-order chi connectivity index (χ1) is 8.38. The van der Waals surface area contributed by atoms with Crippen molar-refractivity contribution in [1.82, 2.24) is 0 Å². The number of hydrogen-bond acceptors (Lipinski definition) is 0. The van der Waals surface area contributed by atoms with Crippen LogP contribution in [0.3, 0.4) is 0 Å². The SMILES string of the molecule is CC(C)(C)c1ccc(-c2ccc(F)cc2F)cc1. The van der Waals surface area contributed by atoms with Crippen molar-refractivity contribution in [3.63, 3.8) is 0 Å². The van der Waals surface area contributed by atoms with Crippen molar-refractivity contribution in [3.05, 3.63) is 59.7 Å². The van der Waals surface area contributed by atoms with Crippen molar-refractivity contribution in [1.29, 1.82) is 0 Å². The molecule has 0 bridgehead atoms. The Hall–Kier alpha value is -1.70. The van der Waals surface area contributed by atoms with E-state index in [2.05, 4.69) is 20.8 Å². The highest BCUT2D eigenvalue weighted by atomic mass is 19.1. The molecule has 0 nitrogen and oxygen atoms in total. The minimum Gasteiger partial charge on any atom is -0.207 e. The molecule has 0 aromatic heterocycles. The second-order valence-corrected chi connectivity index (χ2v) is 5.45. The standard InChI is InChI=1S/C16H16F2/c1-16(2,3)12-6-4-11(5-7-12)14-9-8-13(17)10-15(14)18/h4-10H,1-3H3. The number of benzene rings is 2. The van der Waals surface area contributed by atoms with Crippen molar-refractivity contribution in [2.24, 2.45) is 0 Å². The molecule has 0 saturated carbocycles. The van der Waals surface area contributed by atoms with Gasteiger partial charge in [0.2, 0.25) is 0 Å². The molecule has 0 N–H and O–H groups in total. The molecule has 2 rings (SSSR count). The van der Waals surface area contributed by atoms with Crippen LogP contribution in [-0.4, -0.2) is 0 Å². The van der Waals surface area contributed by atoms with E-state index in [1.165, 1.54) is 17.7 Å². The highest BCUT2D eigenvalue weighted by molar-refractivity contribution is 5.64. The van der Waals surface area contributed by atoms with Gasteiger partial charge in [0.05, 0.1) is 0 Å². The third-order valence-electron chi connectivity index (χ3n) is 2.99. The average molecular weight is 246 g/mol. The Kier molecular flexibility index (Phi) is 3.20. The lowest BCUT2D eigenvalue weighted by atomic mass is 9.86. The van der Waals surface area contributed by atoms with Crippen LogP contribution in [0, 0.1) is 11.6 Å². The molecule has 2 heteroatoms. The molecule has 0 fully saturated rings. The highest BCUT2D eigenvalue weighted by Crippen LogP contribution is 2.27.